The standard InChI is InChI=1S/C16H22FN5O3/c1-4-11-12(17)13(19-9-18-11)21-5-10-6-22(15(25)20(2)3)8-16(10,7-21)14(23)24/h9-10H,4-8H2,1-3H3,(H,23,24). The molecule has 2 amide bonds. The van der Waals surface area contributed by atoms with E-state index in [1.807, 2.05) is 0 Å². The van der Waals surface area contributed by atoms with Gasteiger partial charge >= 0.3 is 12.0 Å². The van der Waals surface area contributed by atoms with Crippen LogP contribution >= 0.6 is 0 Å². The Morgan fingerprint density at radius 2 is 2.08 bits per heavy atom. The number of carboxylic acid groups (broad SMARTS) is 1. The van der Waals surface area contributed by atoms with Gasteiger partial charge in [-0.25, -0.2) is 19.2 Å². The summed E-state index contributed by atoms with van der Waals surface area (Å²) in [6.45, 7) is 2.74. The maximum absolute atomic E-state index is 14.6. The molecule has 3 heterocycles. The van der Waals surface area contributed by atoms with Crippen molar-refractivity contribution in [2.45, 2.75) is 13.3 Å². The smallest absolute Gasteiger partial charge is 0.319 e. The lowest BCUT2D eigenvalue weighted by atomic mass is 9.81. The highest BCUT2D eigenvalue weighted by Gasteiger charge is 2.59. The highest BCUT2D eigenvalue weighted by molar-refractivity contribution is 5.81. The zero-order valence-corrected chi connectivity index (χ0v) is 14.6. The number of aliphatic carboxylic acids is 1. The van der Waals surface area contributed by atoms with E-state index in [1.54, 1.807) is 30.8 Å². The number of nitrogens with zero attached hydrogens (tertiary/aromatic N) is 5. The number of amides is 2. The Labute approximate surface area is 145 Å². The molecule has 1 aromatic rings. The predicted molar refractivity (Wildman–Crippen MR) is 87.8 cm³/mol. The molecule has 3 rings (SSSR count). The molecule has 136 valence electrons. The number of fused-ring (bicyclic) bond motifs is 1. The summed E-state index contributed by atoms with van der Waals surface area (Å²) in [6, 6.07) is -0.205. The zero-order chi connectivity index (χ0) is 18.4. The van der Waals surface area contributed by atoms with E-state index in [-0.39, 0.29) is 30.9 Å². The van der Waals surface area contributed by atoms with Crippen LogP contribution in [0.25, 0.3) is 0 Å². The van der Waals surface area contributed by atoms with Crippen LogP contribution in [0.4, 0.5) is 15.0 Å². The maximum atomic E-state index is 14.6. The van der Waals surface area contributed by atoms with Crippen molar-refractivity contribution in [2.75, 3.05) is 45.2 Å². The fraction of sp³-hybridized carbons (Fsp3) is 0.625. The number of rotatable bonds is 3. The van der Waals surface area contributed by atoms with Crippen molar-refractivity contribution in [1.29, 1.82) is 0 Å². The molecule has 2 aliphatic rings. The first-order valence-corrected chi connectivity index (χ1v) is 8.24. The summed E-state index contributed by atoms with van der Waals surface area (Å²) in [5, 5.41) is 9.84. The van der Waals surface area contributed by atoms with Crippen molar-refractivity contribution >= 4 is 17.8 Å². The second-order valence-corrected chi connectivity index (χ2v) is 6.91. The Morgan fingerprint density at radius 1 is 1.36 bits per heavy atom. The van der Waals surface area contributed by atoms with E-state index >= 15 is 0 Å². The molecule has 2 saturated heterocycles. The number of carbonyl (C=O) groups is 2. The third-order valence-corrected chi connectivity index (χ3v) is 5.17. The number of carbonyl (C=O) groups excluding carboxylic acids is 1. The van der Waals surface area contributed by atoms with Gasteiger partial charge in [0, 0.05) is 46.2 Å². The first kappa shape index (κ1) is 17.4. The third-order valence-electron chi connectivity index (χ3n) is 5.17. The van der Waals surface area contributed by atoms with Crippen LogP contribution in [0.1, 0.15) is 12.6 Å². The van der Waals surface area contributed by atoms with Gasteiger partial charge in [0.25, 0.3) is 0 Å². The van der Waals surface area contributed by atoms with Crippen molar-refractivity contribution in [2.24, 2.45) is 11.3 Å². The lowest BCUT2D eigenvalue weighted by molar-refractivity contribution is -0.148. The molecule has 0 spiro atoms. The number of carboxylic acids is 1. The maximum Gasteiger partial charge on any atom is 0.319 e. The Balaban J connectivity index is 1.88. The number of halogens is 1. The largest absolute Gasteiger partial charge is 0.481 e. The Hall–Kier alpha value is -2.45. The van der Waals surface area contributed by atoms with Crippen LogP contribution in [0.3, 0.4) is 0 Å². The average molecular weight is 351 g/mol. The summed E-state index contributed by atoms with van der Waals surface area (Å²) in [7, 11) is 3.28. The van der Waals surface area contributed by atoms with E-state index in [9.17, 15) is 19.1 Å². The Kier molecular flexibility index (Phi) is 4.26. The van der Waals surface area contributed by atoms with Gasteiger partial charge in [-0.1, -0.05) is 6.92 Å². The molecule has 0 bridgehead atoms. The average Bonchev–Trinajstić information content (AvgIpc) is 3.09. The minimum Gasteiger partial charge on any atom is -0.481 e. The fourth-order valence-electron chi connectivity index (χ4n) is 3.82. The summed E-state index contributed by atoms with van der Waals surface area (Å²) in [4.78, 5) is 36.8. The van der Waals surface area contributed by atoms with Crippen molar-refractivity contribution in [3.8, 4) is 0 Å². The second kappa shape index (κ2) is 6.12. The minimum absolute atomic E-state index is 0.119. The molecular formula is C16H22FN5O3. The van der Waals surface area contributed by atoms with Gasteiger partial charge in [-0.2, -0.15) is 0 Å². The molecule has 1 aromatic heterocycles. The van der Waals surface area contributed by atoms with Gasteiger partial charge in [-0.3, -0.25) is 4.79 Å². The van der Waals surface area contributed by atoms with Crippen molar-refractivity contribution in [1.82, 2.24) is 19.8 Å². The Bertz CT molecular complexity index is 713. The lowest BCUT2D eigenvalue weighted by Crippen LogP contribution is -2.44. The summed E-state index contributed by atoms with van der Waals surface area (Å²) in [5.41, 5.74) is -0.786. The van der Waals surface area contributed by atoms with Gasteiger partial charge in [-0.15, -0.1) is 0 Å². The normalized spacial score (nSPS) is 25.2. The summed E-state index contributed by atoms with van der Waals surface area (Å²) in [5.74, 6) is -1.58. The molecule has 0 radical (unpaired) electrons. The first-order valence-electron chi connectivity index (χ1n) is 8.24. The number of hydrogen-bond acceptors (Lipinski definition) is 5. The van der Waals surface area contributed by atoms with E-state index in [0.717, 1.165) is 0 Å². The molecule has 1 N–H and O–H groups in total. The van der Waals surface area contributed by atoms with Crippen LogP contribution in [0.15, 0.2) is 6.33 Å². The molecule has 2 atom stereocenters. The van der Waals surface area contributed by atoms with Crippen molar-refractivity contribution in [3.63, 3.8) is 0 Å². The van der Waals surface area contributed by atoms with Gasteiger partial charge in [0.2, 0.25) is 0 Å². The summed E-state index contributed by atoms with van der Waals surface area (Å²) < 4.78 is 14.6. The van der Waals surface area contributed by atoms with E-state index in [4.69, 9.17) is 0 Å². The quantitative estimate of drug-likeness (QED) is 0.861. The molecule has 0 saturated carbocycles. The monoisotopic (exact) mass is 351 g/mol. The molecule has 8 nitrogen and oxygen atoms in total. The van der Waals surface area contributed by atoms with Gasteiger partial charge in [0.15, 0.2) is 11.6 Å². The molecular weight excluding hydrogens is 329 g/mol. The van der Waals surface area contributed by atoms with Crippen LogP contribution in [-0.4, -0.2) is 77.1 Å². The number of aryl methyl sites for hydroxylation is 1. The van der Waals surface area contributed by atoms with Crippen molar-refractivity contribution < 1.29 is 19.1 Å². The number of hydrogen-bond donors (Lipinski definition) is 1. The van der Waals surface area contributed by atoms with Gasteiger partial charge in [0.05, 0.1) is 5.69 Å². The van der Waals surface area contributed by atoms with E-state index in [0.29, 0.717) is 25.2 Å². The van der Waals surface area contributed by atoms with Crippen LogP contribution in [0.5, 0.6) is 0 Å². The van der Waals surface area contributed by atoms with Gasteiger partial charge < -0.3 is 19.8 Å². The molecule has 2 aliphatic heterocycles. The molecule has 0 aromatic carbocycles. The third kappa shape index (κ3) is 2.67. The molecule has 9 heteroatoms. The molecule has 2 unspecified atom stereocenters. The number of urea groups is 1. The highest BCUT2D eigenvalue weighted by Crippen LogP contribution is 2.44. The molecule has 2 fully saturated rings. The van der Waals surface area contributed by atoms with Crippen LogP contribution in [-0.2, 0) is 11.2 Å². The summed E-state index contributed by atoms with van der Waals surface area (Å²) >= 11 is 0. The number of aromatic nitrogens is 2. The Morgan fingerprint density at radius 3 is 2.64 bits per heavy atom. The number of likely N-dealkylation sites (tertiary alicyclic amines) is 1. The van der Waals surface area contributed by atoms with Gasteiger partial charge in [-0.05, 0) is 6.42 Å². The summed E-state index contributed by atoms with van der Waals surface area (Å²) in [6.07, 6.45) is 1.74. The number of anilines is 1. The molecule has 0 aliphatic carbocycles. The lowest BCUT2D eigenvalue weighted by Gasteiger charge is -2.27. The molecule has 25 heavy (non-hydrogen) atoms. The first-order chi connectivity index (χ1) is 11.8. The predicted octanol–water partition coefficient (Wildman–Crippen LogP) is 0.683. The van der Waals surface area contributed by atoms with Crippen LogP contribution in [0.2, 0.25) is 0 Å². The van der Waals surface area contributed by atoms with Crippen LogP contribution < -0.4 is 4.90 Å². The van der Waals surface area contributed by atoms with Gasteiger partial charge in [0.1, 0.15) is 11.7 Å². The van der Waals surface area contributed by atoms with Crippen molar-refractivity contribution in [3.05, 3.63) is 17.8 Å². The topological polar surface area (TPSA) is 89.9 Å². The van der Waals surface area contributed by atoms with E-state index in [2.05, 4.69) is 9.97 Å². The second-order valence-electron chi connectivity index (χ2n) is 6.91. The highest BCUT2D eigenvalue weighted by atomic mass is 19.1. The fourth-order valence-corrected chi connectivity index (χ4v) is 3.82. The van der Waals surface area contributed by atoms with E-state index in [1.165, 1.54) is 11.2 Å². The SMILES string of the molecule is CCc1ncnc(N2CC3CN(C(=O)N(C)C)CC3(C(=O)O)C2)c1F. The minimum atomic E-state index is -1.10. The zero-order valence-electron chi connectivity index (χ0n) is 14.6. The van der Waals surface area contributed by atoms with E-state index < -0.39 is 17.2 Å². The van der Waals surface area contributed by atoms with Crippen LogP contribution in [0, 0.1) is 17.2 Å².